The molecule has 2 aliphatic heterocycles. The summed E-state index contributed by atoms with van der Waals surface area (Å²) < 4.78 is 11.0. The smallest absolute Gasteiger partial charge is 0.248 e. The van der Waals surface area contributed by atoms with Gasteiger partial charge >= 0.3 is 0 Å². The number of methoxy groups -OCH3 is 1. The predicted molar refractivity (Wildman–Crippen MR) is 116 cm³/mol. The van der Waals surface area contributed by atoms with Crippen LogP contribution in [0, 0.1) is 0 Å². The van der Waals surface area contributed by atoms with Crippen LogP contribution in [0.1, 0.15) is 31.7 Å². The Kier molecular flexibility index (Phi) is 8.31. The molecule has 1 aromatic rings. The van der Waals surface area contributed by atoms with Crippen LogP contribution in [0.2, 0.25) is 0 Å². The van der Waals surface area contributed by atoms with Crippen molar-refractivity contribution >= 4 is 17.6 Å². The molecule has 1 fully saturated rings. The number of nitrogens with one attached hydrogen (secondary N) is 1. The third-order valence-electron chi connectivity index (χ3n) is 5.48. The molecule has 0 aromatic heterocycles. The highest BCUT2D eigenvalue weighted by Gasteiger charge is 2.25. The number of benzene rings is 1. The maximum atomic E-state index is 12.8. The highest BCUT2D eigenvalue weighted by atomic mass is 16.5. The van der Waals surface area contributed by atoms with E-state index in [2.05, 4.69) is 28.2 Å². The lowest BCUT2D eigenvalue weighted by atomic mass is 10.1. The van der Waals surface area contributed by atoms with Gasteiger partial charge in [-0.25, -0.2) is 4.99 Å². The van der Waals surface area contributed by atoms with Crippen LogP contribution in [0.4, 0.5) is 5.69 Å². The number of likely N-dealkylation sites (tertiary alicyclic amines) is 1. The summed E-state index contributed by atoms with van der Waals surface area (Å²) in [6.07, 6.45) is 4.11. The quantitative estimate of drug-likeness (QED) is 0.410. The van der Waals surface area contributed by atoms with Crippen molar-refractivity contribution < 1.29 is 14.3 Å². The Morgan fingerprint density at radius 3 is 2.76 bits per heavy atom. The van der Waals surface area contributed by atoms with Gasteiger partial charge < -0.3 is 24.6 Å². The number of ether oxygens (including phenoxy) is 2. The van der Waals surface area contributed by atoms with Crippen LogP contribution < -0.4 is 10.2 Å². The van der Waals surface area contributed by atoms with Gasteiger partial charge in [0.25, 0.3) is 0 Å². The summed E-state index contributed by atoms with van der Waals surface area (Å²) >= 11 is 0. The molecular weight excluding hydrogens is 368 g/mol. The number of piperidine rings is 1. The van der Waals surface area contributed by atoms with Gasteiger partial charge in [0.2, 0.25) is 5.91 Å². The molecule has 7 heteroatoms. The maximum Gasteiger partial charge on any atom is 0.248 e. The van der Waals surface area contributed by atoms with E-state index < -0.39 is 0 Å². The zero-order chi connectivity index (χ0) is 20.5. The zero-order valence-corrected chi connectivity index (χ0v) is 17.7. The number of rotatable bonds is 8. The molecular formula is C22H34N4O3. The number of amides is 1. The van der Waals surface area contributed by atoms with Gasteiger partial charge in [-0.3, -0.25) is 4.79 Å². The Morgan fingerprint density at radius 1 is 1.21 bits per heavy atom. The molecule has 160 valence electrons. The van der Waals surface area contributed by atoms with Crippen molar-refractivity contribution in [3.8, 4) is 0 Å². The number of para-hydroxylation sites is 1. The number of nitrogens with zero attached hydrogens (tertiary/aromatic N) is 3. The normalized spacial score (nSPS) is 17.5. The van der Waals surface area contributed by atoms with Crippen LogP contribution in [0.15, 0.2) is 29.3 Å². The van der Waals surface area contributed by atoms with E-state index in [9.17, 15) is 4.79 Å². The van der Waals surface area contributed by atoms with Crippen LogP contribution in [0.5, 0.6) is 0 Å². The van der Waals surface area contributed by atoms with E-state index in [0.29, 0.717) is 6.10 Å². The van der Waals surface area contributed by atoms with Crippen molar-refractivity contribution in [3.63, 3.8) is 0 Å². The molecule has 0 radical (unpaired) electrons. The fraction of sp³-hybridized carbons (Fsp3) is 0.636. The van der Waals surface area contributed by atoms with Crippen molar-refractivity contribution in [3.05, 3.63) is 29.8 Å². The summed E-state index contributed by atoms with van der Waals surface area (Å²) in [5.41, 5.74) is 2.27. The molecule has 0 atom stereocenters. The second kappa shape index (κ2) is 11.2. The summed E-state index contributed by atoms with van der Waals surface area (Å²) in [4.78, 5) is 21.5. The number of carbonyl (C=O) groups excluding carboxylic acids is 1. The van der Waals surface area contributed by atoms with Crippen molar-refractivity contribution in [2.24, 2.45) is 4.99 Å². The average molecular weight is 403 g/mol. The van der Waals surface area contributed by atoms with E-state index in [1.165, 1.54) is 5.56 Å². The van der Waals surface area contributed by atoms with Crippen molar-refractivity contribution in [2.45, 2.75) is 38.7 Å². The number of aliphatic imine (C=N–C) groups is 1. The first-order valence-electron chi connectivity index (χ1n) is 10.7. The molecule has 2 heterocycles. The molecule has 2 aliphatic rings. The Balaban J connectivity index is 1.51. The lowest BCUT2D eigenvalue weighted by Gasteiger charge is -2.34. The van der Waals surface area contributed by atoms with Gasteiger partial charge in [-0.1, -0.05) is 18.2 Å². The Labute approximate surface area is 174 Å². The number of anilines is 1. The highest BCUT2D eigenvalue weighted by molar-refractivity contribution is 5.98. The van der Waals surface area contributed by atoms with Crippen LogP contribution >= 0.6 is 0 Å². The average Bonchev–Trinajstić information content (AvgIpc) is 3.19. The first kappa shape index (κ1) is 21.6. The van der Waals surface area contributed by atoms with Gasteiger partial charge in [-0.05, 0) is 44.2 Å². The van der Waals surface area contributed by atoms with Gasteiger partial charge in [0.05, 0.1) is 6.10 Å². The van der Waals surface area contributed by atoms with Crippen molar-refractivity contribution in [1.29, 1.82) is 0 Å². The van der Waals surface area contributed by atoms with Crippen molar-refractivity contribution in [1.82, 2.24) is 10.2 Å². The molecule has 0 spiro atoms. The standard InChI is InChI=1S/C22H34N4O3/c1-3-23-22(25-12-10-19(11-13-25)29-16-6-15-28-2)24-17-21(27)26-14-9-18-7-4-5-8-20(18)26/h4-5,7-8,19H,3,6,9-17H2,1-2H3,(H,23,24). The molecule has 3 rings (SSSR count). The molecule has 7 nitrogen and oxygen atoms in total. The topological polar surface area (TPSA) is 66.4 Å². The Bertz CT molecular complexity index is 686. The number of carbonyl (C=O) groups is 1. The minimum atomic E-state index is 0.0571. The van der Waals surface area contributed by atoms with Crippen LogP contribution in [-0.2, 0) is 20.7 Å². The molecule has 0 unspecified atom stereocenters. The van der Waals surface area contributed by atoms with Crippen LogP contribution in [0.3, 0.4) is 0 Å². The van der Waals surface area contributed by atoms with Gasteiger partial charge in [0.15, 0.2) is 5.96 Å². The molecule has 1 saturated heterocycles. The first-order chi connectivity index (χ1) is 14.2. The third kappa shape index (κ3) is 5.93. The largest absolute Gasteiger partial charge is 0.385 e. The number of guanidine groups is 1. The van der Waals surface area contributed by atoms with Crippen molar-refractivity contribution in [2.75, 3.05) is 57.9 Å². The molecule has 0 bridgehead atoms. The third-order valence-corrected chi connectivity index (χ3v) is 5.48. The number of fused-ring (bicyclic) bond motifs is 1. The monoisotopic (exact) mass is 402 g/mol. The highest BCUT2D eigenvalue weighted by Crippen LogP contribution is 2.27. The van der Waals surface area contributed by atoms with E-state index in [1.54, 1.807) is 7.11 Å². The number of hydrogen-bond donors (Lipinski definition) is 1. The first-order valence-corrected chi connectivity index (χ1v) is 10.7. The SMILES string of the molecule is CCNC(=NCC(=O)N1CCc2ccccc21)N1CCC(OCCCOC)CC1. The van der Waals surface area contributed by atoms with E-state index in [4.69, 9.17) is 9.47 Å². The predicted octanol–water partition coefficient (Wildman–Crippen LogP) is 2.06. The molecule has 1 amide bonds. The lowest BCUT2D eigenvalue weighted by molar-refractivity contribution is -0.117. The fourth-order valence-electron chi connectivity index (χ4n) is 3.94. The minimum Gasteiger partial charge on any atom is -0.385 e. The molecule has 1 aromatic carbocycles. The maximum absolute atomic E-state index is 12.8. The summed E-state index contributed by atoms with van der Waals surface area (Å²) in [6.45, 7) is 7.03. The fourth-order valence-corrected chi connectivity index (χ4v) is 3.94. The van der Waals surface area contributed by atoms with Crippen LogP contribution in [0.25, 0.3) is 0 Å². The van der Waals surface area contributed by atoms with E-state index >= 15 is 0 Å². The Morgan fingerprint density at radius 2 is 2.00 bits per heavy atom. The second-order valence-corrected chi connectivity index (χ2v) is 7.50. The summed E-state index contributed by atoms with van der Waals surface area (Å²) in [5.74, 6) is 0.882. The van der Waals surface area contributed by atoms with Gasteiger partial charge in [0, 0.05) is 52.2 Å². The molecule has 1 N–H and O–H groups in total. The van der Waals surface area contributed by atoms with Crippen LogP contribution in [-0.4, -0.2) is 75.9 Å². The van der Waals surface area contributed by atoms with E-state index in [1.807, 2.05) is 23.1 Å². The van der Waals surface area contributed by atoms with Gasteiger partial charge in [-0.2, -0.15) is 0 Å². The molecule has 0 aliphatic carbocycles. The van der Waals surface area contributed by atoms with E-state index in [0.717, 1.165) is 76.7 Å². The van der Waals surface area contributed by atoms with Gasteiger partial charge in [0.1, 0.15) is 6.54 Å². The molecule has 29 heavy (non-hydrogen) atoms. The second-order valence-electron chi connectivity index (χ2n) is 7.50. The summed E-state index contributed by atoms with van der Waals surface area (Å²) in [7, 11) is 1.72. The summed E-state index contributed by atoms with van der Waals surface area (Å²) in [6, 6.07) is 8.13. The zero-order valence-electron chi connectivity index (χ0n) is 17.7. The van der Waals surface area contributed by atoms with Gasteiger partial charge in [-0.15, -0.1) is 0 Å². The lowest BCUT2D eigenvalue weighted by Crippen LogP contribution is -2.47. The minimum absolute atomic E-state index is 0.0571. The number of hydrogen-bond acceptors (Lipinski definition) is 4. The summed E-state index contributed by atoms with van der Waals surface area (Å²) in [5, 5.41) is 3.34. The Hall–Kier alpha value is -2.12. The molecule has 0 saturated carbocycles. The van der Waals surface area contributed by atoms with E-state index in [-0.39, 0.29) is 12.5 Å².